The smallest absolute Gasteiger partial charge is 0.239 e. The van der Waals surface area contributed by atoms with Crippen molar-refractivity contribution in [2.45, 2.75) is 38.6 Å². The third-order valence-electron chi connectivity index (χ3n) is 3.62. The van der Waals surface area contributed by atoms with Crippen molar-refractivity contribution < 1.29 is 4.79 Å². The maximum atomic E-state index is 11.7. The van der Waals surface area contributed by atoms with E-state index in [1.165, 1.54) is 12.8 Å². The molecule has 3 nitrogen and oxygen atoms in total. The van der Waals surface area contributed by atoms with E-state index >= 15 is 0 Å². The topological polar surface area (TPSA) is 46.3 Å². The van der Waals surface area contributed by atoms with Gasteiger partial charge in [0, 0.05) is 13.1 Å². The summed E-state index contributed by atoms with van der Waals surface area (Å²) < 4.78 is 0. The molecule has 1 aliphatic carbocycles. The molecule has 14 heavy (non-hydrogen) atoms. The van der Waals surface area contributed by atoms with Crippen LogP contribution in [0, 0.1) is 11.8 Å². The lowest BCUT2D eigenvalue weighted by Crippen LogP contribution is -2.49. The summed E-state index contributed by atoms with van der Waals surface area (Å²) in [6.45, 7) is 4.12. The Hall–Kier alpha value is -0.570. The Morgan fingerprint density at radius 2 is 2.29 bits per heavy atom. The molecule has 1 saturated heterocycles. The number of carbonyl (C=O) groups excluding carboxylic acids is 1. The van der Waals surface area contributed by atoms with Gasteiger partial charge in [-0.1, -0.05) is 13.3 Å². The molecule has 0 aromatic rings. The van der Waals surface area contributed by atoms with Crippen LogP contribution in [0.25, 0.3) is 0 Å². The summed E-state index contributed by atoms with van der Waals surface area (Å²) in [5.41, 5.74) is 5.74. The van der Waals surface area contributed by atoms with E-state index in [1.54, 1.807) is 0 Å². The van der Waals surface area contributed by atoms with Gasteiger partial charge in [-0.3, -0.25) is 4.79 Å². The second-order valence-corrected chi connectivity index (χ2v) is 4.70. The first kappa shape index (κ1) is 9.97. The third kappa shape index (κ3) is 1.92. The number of rotatable bonds is 3. The van der Waals surface area contributed by atoms with Crippen molar-refractivity contribution in [2.75, 3.05) is 13.1 Å². The lowest BCUT2D eigenvalue weighted by molar-refractivity contribution is -0.135. The van der Waals surface area contributed by atoms with Crippen LogP contribution >= 0.6 is 0 Å². The quantitative estimate of drug-likeness (QED) is 0.731. The van der Waals surface area contributed by atoms with E-state index < -0.39 is 0 Å². The van der Waals surface area contributed by atoms with Gasteiger partial charge in [0.05, 0.1) is 6.04 Å². The molecule has 1 aliphatic heterocycles. The van der Waals surface area contributed by atoms with Crippen LogP contribution in [-0.4, -0.2) is 29.9 Å². The Morgan fingerprint density at radius 3 is 2.93 bits per heavy atom. The number of carbonyl (C=O) groups is 1. The molecule has 1 saturated carbocycles. The molecule has 3 unspecified atom stereocenters. The summed E-state index contributed by atoms with van der Waals surface area (Å²) >= 11 is 0. The first-order valence-electron chi connectivity index (χ1n) is 5.76. The molecule has 2 N–H and O–H groups in total. The van der Waals surface area contributed by atoms with E-state index in [9.17, 15) is 4.79 Å². The van der Waals surface area contributed by atoms with Crippen LogP contribution in [0.1, 0.15) is 32.6 Å². The van der Waals surface area contributed by atoms with Crippen LogP contribution in [0.4, 0.5) is 0 Å². The summed E-state index contributed by atoms with van der Waals surface area (Å²) in [4.78, 5) is 13.7. The molecule has 0 aromatic carbocycles. The molecule has 1 amide bonds. The maximum Gasteiger partial charge on any atom is 0.239 e. The Labute approximate surface area is 85.6 Å². The number of piperidine rings is 1. The predicted octanol–water partition coefficient (Wildman–Crippen LogP) is 0.982. The minimum Gasteiger partial charge on any atom is -0.341 e. The molecule has 0 radical (unpaired) electrons. The highest BCUT2D eigenvalue weighted by molar-refractivity contribution is 5.82. The normalized spacial score (nSPS) is 37.4. The van der Waals surface area contributed by atoms with Gasteiger partial charge in [0.15, 0.2) is 0 Å². The standard InChI is InChI=1S/C11H20N2O/c1-2-8-6-9(8)7-13-5-3-4-10(12)11(13)14/h8-10H,2-7,12H2,1H3. The van der Waals surface area contributed by atoms with Gasteiger partial charge in [-0.05, 0) is 31.1 Å². The molecule has 0 spiro atoms. The lowest BCUT2D eigenvalue weighted by atomic mass is 10.1. The van der Waals surface area contributed by atoms with Gasteiger partial charge in [-0.15, -0.1) is 0 Å². The number of hydrogen-bond acceptors (Lipinski definition) is 2. The van der Waals surface area contributed by atoms with Crippen LogP contribution in [0.15, 0.2) is 0 Å². The molecular formula is C11H20N2O. The van der Waals surface area contributed by atoms with Crippen LogP contribution in [0.2, 0.25) is 0 Å². The Bertz CT molecular complexity index is 229. The van der Waals surface area contributed by atoms with Crippen molar-refractivity contribution in [3.8, 4) is 0 Å². The summed E-state index contributed by atoms with van der Waals surface area (Å²) in [6.07, 6.45) is 4.53. The molecule has 2 fully saturated rings. The predicted molar refractivity (Wildman–Crippen MR) is 55.7 cm³/mol. The second kappa shape index (κ2) is 3.89. The van der Waals surface area contributed by atoms with Crippen LogP contribution in [0.3, 0.4) is 0 Å². The molecular weight excluding hydrogens is 176 g/mol. The highest BCUT2D eigenvalue weighted by atomic mass is 16.2. The molecule has 0 bridgehead atoms. The van der Waals surface area contributed by atoms with Crippen molar-refractivity contribution >= 4 is 5.91 Å². The Balaban J connectivity index is 1.82. The highest BCUT2D eigenvalue weighted by Crippen LogP contribution is 2.41. The van der Waals surface area contributed by atoms with Gasteiger partial charge in [-0.25, -0.2) is 0 Å². The summed E-state index contributed by atoms with van der Waals surface area (Å²) in [5.74, 6) is 1.83. The molecule has 80 valence electrons. The zero-order chi connectivity index (χ0) is 10.1. The van der Waals surface area contributed by atoms with Gasteiger partial charge in [0.1, 0.15) is 0 Å². The zero-order valence-corrected chi connectivity index (χ0v) is 8.91. The molecule has 0 aromatic heterocycles. The largest absolute Gasteiger partial charge is 0.341 e. The van der Waals surface area contributed by atoms with Gasteiger partial charge >= 0.3 is 0 Å². The number of amides is 1. The summed E-state index contributed by atoms with van der Waals surface area (Å²) in [6, 6.07) is -0.220. The van der Waals surface area contributed by atoms with E-state index in [0.717, 1.165) is 37.8 Å². The van der Waals surface area contributed by atoms with Gasteiger partial charge < -0.3 is 10.6 Å². The van der Waals surface area contributed by atoms with Gasteiger partial charge in [0.2, 0.25) is 5.91 Å². The van der Waals surface area contributed by atoms with Crippen LogP contribution < -0.4 is 5.73 Å². The maximum absolute atomic E-state index is 11.7. The van der Waals surface area contributed by atoms with E-state index in [0.29, 0.717) is 0 Å². The van der Waals surface area contributed by atoms with Crippen molar-refractivity contribution in [3.05, 3.63) is 0 Å². The second-order valence-electron chi connectivity index (χ2n) is 4.70. The average molecular weight is 196 g/mol. The first-order chi connectivity index (χ1) is 6.72. The third-order valence-corrected chi connectivity index (χ3v) is 3.62. The summed E-state index contributed by atoms with van der Waals surface area (Å²) in [7, 11) is 0. The van der Waals surface area contributed by atoms with Gasteiger partial charge in [0.25, 0.3) is 0 Å². The Morgan fingerprint density at radius 1 is 1.50 bits per heavy atom. The monoisotopic (exact) mass is 196 g/mol. The molecule has 2 aliphatic rings. The van der Waals surface area contributed by atoms with Crippen molar-refractivity contribution in [1.82, 2.24) is 4.90 Å². The number of hydrogen-bond donors (Lipinski definition) is 1. The first-order valence-corrected chi connectivity index (χ1v) is 5.76. The van der Waals surface area contributed by atoms with Crippen molar-refractivity contribution in [2.24, 2.45) is 17.6 Å². The molecule has 3 heteroatoms. The molecule has 1 heterocycles. The molecule has 2 rings (SSSR count). The summed E-state index contributed by atoms with van der Waals surface area (Å²) in [5, 5.41) is 0. The molecule has 3 atom stereocenters. The average Bonchev–Trinajstić information content (AvgIpc) is 2.92. The fourth-order valence-corrected chi connectivity index (χ4v) is 2.47. The minimum absolute atomic E-state index is 0.179. The van der Waals surface area contributed by atoms with Gasteiger partial charge in [-0.2, -0.15) is 0 Å². The fraction of sp³-hybridized carbons (Fsp3) is 0.909. The lowest BCUT2D eigenvalue weighted by Gasteiger charge is -2.30. The zero-order valence-electron chi connectivity index (χ0n) is 8.91. The van der Waals surface area contributed by atoms with E-state index in [1.807, 2.05) is 4.90 Å². The SMILES string of the molecule is CCC1CC1CN1CCCC(N)C1=O. The highest BCUT2D eigenvalue weighted by Gasteiger charge is 2.38. The minimum atomic E-state index is -0.220. The Kier molecular flexibility index (Phi) is 2.77. The fourth-order valence-electron chi connectivity index (χ4n) is 2.47. The van der Waals surface area contributed by atoms with E-state index in [-0.39, 0.29) is 11.9 Å². The number of nitrogens with two attached hydrogens (primary N) is 1. The number of nitrogens with zero attached hydrogens (tertiary/aromatic N) is 1. The van der Waals surface area contributed by atoms with Crippen LogP contribution in [-0.2, 0) is 4.79 Å². The number of likely N-dealkylation sites (tertiary alicyclic amines) is 1. The van der Waals surface area contributed by atoms with Crippen LogP contribution in [0.5, 0.6) is 0 Å². The van der Waals surface area contributed by atoms with Crippen molar-refractivity contribution in [1.29, 1.82) is 0 Å². The van der Waals surface area contributed by atoms with E-state index in [4.69, 9.17) is 5.73 Å². The van der Waals surface area contributed by atoms with Crippen molar-refractivity contribution in [3.63, 3.8) is 0 Å². The van der Waals surface area contributed by atoms with E-state index in [2.05, 4.69) is 6.92 Å².